The Hall–Kier alpha value is -1.09. The average Bonchev–Trinajstić information content (AvgIpc) is 2.41. The number of aliphatic hydroxyl groups is 1. The predicted octanol–water partition coefficient (Wildman–Crippen LogP) is 3.27. The summed E-state index contributed by atoms with van der Waals surface area (Å²) in [5.41, 5.74) is 1.97. The molecule has 0 radical (unpaired) electrons. The van der Waals surface area contributed by atoms with Gasteiger partial charge in [0.2, 0.25) is 0 Å². The highest BCUT2D eigenvalue weighted by atomic mass is 16.5. The first-order valence-corrected chi connectivity index (χ1v) is 7.38. The second-order valence-electron chi connectivity index (χ2n) is 5.55. The van der Waals surface area contributed by atoms with Crippen molar-refractivity contribution < 1.29 is 9.84 Å². The summed E-state index contributed by atoms with van der Waals surface area (Å²) in [5.74, 6) is 0.885. The minimum atomic E-state index is -0.226. The molecule has 3 nitrogen and oxygen atoms in total. The van der Waals surface area contributed by atoms with Crippen LogP contribution in [0.2, 0.25) is 0 Å². The summed E-state index contributed by atoms with van der Waals surface area (Å²) >= 11 is 0. The third-order valence-electron chi connectivity index (χ3n) is 4.73. The lowest BCUT2D eigenvalue weighted by Crippen LogP contribution is -2.59. The van der Waals surface area contributed by atoms with Crippen molar-refractivity contribution in [3.8, 4) is 5.75 Å². The van der Waals surface area contributed by atoms with E-state index in [1.807, 2.05) is 19.1 Å². The first kappa shape index (κ1) is 14.3. The standard InChI is InChI=1S/C16H25NO2/c1-5-12-13(9-8-11(4)17-12)19-15-10-14(18)16(15,6-2)7-3/h8-9,14-15,18H,5-7,10H2,1-4H3. The normalized spacial score (nSPS) is 24.9. The first-order chi connectivity index (χ1) is 9.07. The topological polar surface area (TPSA) is 42.4 Å². The van der Waals surface area contributed by atoms with E-state index in [9.17, 15) is 5.11 Å². The van der Waals surface area contributed by atoms with Crippen LogP contribution < -0.4 is 4.74 Å². The van der Waals surface area contributed by atoms with E-state index in [2.05, 4.69) is 25.8 Å². The number of aromatic nitrogens is 1. The molecule has 0 saturated heterocycles. The summed E-state index contributed by atoms with van der Waals surface area (Å²) in [6, 6.07) is 4.01. The summed E-state index contributed by atoms with van der Waals surface area (Å²) < 4.78 is 6.17. The van der Waals surface area contributed by atoms with Crippen LogP contribution in [0.15, 0.2) is 12.1 Å². The van der Waals surface area contributed by atoms with Crippen LogP contribution >= 0.6 is 0 Å². The van der Waals surface area contributed by atoms with Crippen LogP contribution in [0.1, 0.15) is 51.4 Å². The molecule has 2 unspecified atom stereocenters. The minimum absolute atomic E-state index is 0.0735. The van der Waals surface area contributed by atoms with Crippen molar-refractivity contribution >= 4 is 0 Å². The first-order valence-electron chi connectivity index (χ1n) is 7.38. The van der Waals surface area contributed by atoms with Gasteiger partial charge in [0.1, 0.15) is 11.9 Å². The highest BCUT2D eigenvalue weighted by Gasteiger charge is 2.53. The number of aliphatic hydroxyl groups excluding tert-OH is 1. The van der Waals surface area contributed by atoms with Crippen molar-refractivity contribution in [2.45, 2.75) is 65.6 Å². The van der Waals surface area contributed by atoms with Gasteiger partial charge in [-0.2, -0.15) is 0 Å². The minimum Gasteiger partial charge on any atom is -0.488 e. The van der Waals surface area contributed by atoms with Crippen LogP contribution in [0.3, 0.4) is 0 Å². The smallest absolute Gasteiger partial charge is 0.141 e. The Balaban J connectivity index is 2.18. The maximum absolute atomic E-state index is 10.1. The molecule has 106 valence electrons. The highest BCUT2D eigenvalue weighted by molar-refractivity contribution is 5.30. The van der Waals surface area contributed by atoms with Gasteiger partial charge in [-0.05, 0) is 38.3 Å². The van der Waals surface area contributed by atoms with E-state index >= 15 is 0 Å². The van der Waals surface area contributed by atoms with Gasteiger partial charge in [0.25, 0.3) is 0 Å². The van der Waals surface area contributed by atoms with Crippen molar-refractivity contribution in [3.05, 3.63) is 23.5 Å². The molecular weight excluding hydrogens is 238 g/mol. The molecule has 1 aromatic heterocycles. The van der Waals surface area contributed by atoms with Gasteiger partial charge < -0.3 is 9.84 Å². The number of pyridine rings is 1. The van der Waals surface area contributed by atoms with E-state index < -0.39 is 0 Å². The van der Waals surface area contributed by atoms with E-state index in [-0.39, 0.29) is 17.6 Å². The molecule has 3 heteroatoms. The SMILES string of the molecule is CCc1nc(C)ccc1OC1CC(O)C1(CC)CC. The predicted molar refractivity (Wildman–Crippen MR) is 76.4 cm³/mol. The van der Waals surface area contributed by atoms with Crippen molar-refractivity contribution in [2.24, 2.45) is 5.41 Å². The molecule has 1 aliphatic carbocycles. The Labute approximate surface area is 116 Å². The molecule has 1 aliphatic rings. The van der Waals surface area contributed by atoms with Crippen LogP contribution in [-0.4, -0.2) is 22.3 Å². The molecule has 2 rings (SSSR count). The molecule has 1 aromatic rings. The summed E-state index contributed by atoms with van der Waals surface area (Å²) in [6.45, 7) is 8.36. The summed E-state index contributed by atoms with van der Waals surface area (Å²) in [5, 5.41) is 10.1. The maximum atomic E-state index is 10.1. The van der Waals surface area contributed by atoms with Gasteiger partial charge in [0.05, 0.1) is 11.8 Å². The number of rotatable bonds is 5. The molecule has 19 heavy (non-hydrogen) atoms. The van der Waals surface area contributed by atoms with Crippen molar-refractivity contribution in [1.82, 2.24) is 4.98 Å². The molecule has 1 heterocycles. The zero-order valence-corrected chi connectivity index (χ0v) is 12.4. The number of aryl methyl sites for hydroxylation is 2. The molecule has 0 amide bonds. The third kappa shape index (κ3) is 2.36. The Morgan fingerprint density at radius 2 is 2.00 bits per heavy atom. The van der Waals surface area contributed by atoms with Crippen LogP contribution in [0.5, 0.6) is 5.75 Å². The van der Waals surface area contributed by atoms with E-state index in [4.69, 9.17) is 4.74 Å². The fourth-order valence-corrected chi connectivity index (χ4v) is 3.18. The molecule has 0 aromatic carbocycles. The van der Waals surface area contributed by atoms with Gasteiger partial charge in [-0.25, -0.2) is 0 Å². The zero-order valence-electron chi connectivity index (χ0n) is 12.4. The fraction of sp³-hybridized carbons (Fsp3) is 0.688. The lowest BCUT2D eigenvalue weighted by atomic mass is 9.60. The Kier molecular flexibility index (Phi) is 4.14. The molecule has 0 aliphatic heterocycles. The lowest BCUT2D eigenvalue weighted by molar-refractivity contribution is -0.160. The Bertz CT molecular complexity index is 440. The lowest BCUT2D eigenvalue weighted by Gasteiger charge is -2.52. The number of hydrogen-bond acceptors (Lipinski definition) is 3. The fourth-order valence-electron chi connectivity index (χ4n) is 3.18. The van der Waals surface area contributed by atoms with Gasteiger partial charge in [0.15, 0.2) is 0 Å². The highest BCUT2D eigenvalue weighted by Crippen LogP contribution is 2.49. The van der Waals surface area contributed by atoms with Crippen molar-refractivity contribution in [2.75, 3.05) is 0 Å². The van der Waals surface area contributed by atoms with Crippen LogP contribution in [0, 0.1) is 12.3 Å². The van der Waals surface area contributed by atoms with Gasteiger partial charge in [-0.15, -0.1) is 0 Å². The van der Waals surface area contributed by atoms with Crippen molar-refractivity contribution in [1.29, 1.82) is 0 Å². The third-order valence-corrected chi connectivity index (χ3v) is 4.73. The number of ether oxygens (including phenoxy) is 1. The summed E-state index contributed by atoms with van der Waals surface area (Å²) in [6.07, 6.45) is 3.41. The molecule has 1 N–H and O–H groups in total. The summed E-state index contributed by atoms with van der Waals surface area (Å²) in [7, 11) is 0. The molecule has 1 saturated carbocycles. The van der Waals surface area contributed by atoms with Gasteiger partial charge in [-0.3, -0.25) is 4.98 Å². The van der Waals surface area contributed by atoms with Crippen LogP contribution in [0.4, 0.5) is 0 Å². The molecular formula is C16H25NO2. The molecule has 2 atom stereocenters. The van der Waals surface area contributed by atoms with E-state index in [1.54, 1.807) is 0 Å². The Morgan fingerprint density at radius 3 is 2.53 bits per heavy atom. The van der Waals surface area contributed by atoms with Gasteiger partial charge >= 0.3 is 0 Å². The largest absolute Gasteiger partial charge is 0.488 e. The van der Waals surface area contributed by atoms with E-state index in [0.717, 1.165) is 42.8 Å². The molecule has 1 fully saturated rings. The second kappa shape index (κ2) is 5.49. The van der Waals surface area contributed by atoms with Crippen LogP contribution in [0.25, 0.3) is 0 Å². The zero-order chi connectivity index (χ0) is 14.0. The number of nitrogens with zero attached hydrogens (tertiary/aromatic N) is 1. The number of hydrogen-bond donors (Lipinski definition) is 1. The quantitative estimate of drug-likeness (QED) is 0.886. The Morgan fingerprint density at radius 1 is 1.32 bits per heavy atom. The van der Waals surface area contributed by atoms with Crippen molar-refractivity contribution in [3.63, 3.8) is 0 Å². The maximum Gasteiger partial charge on any atom is 0.141 e. The molecule has 0 spiro atoms. The van der Waals surface area contributed by atoms with Gasteiger partial charge in [0, 0.05) is 17.5 Å². The monoisotopic (exact) mass is 263 g/mol. The second-order valence-corrected chi connectivity index (χ2v) is 5.55. The van der Waals surface area contributed by atoms with Gasteiger partial charge in [-0.1, -0.05) is 20.8 Å². The van der Waals surface area contributed by atoms with E-state index in [0.29, 0.717) is 0 Å². The van der Waals surface area contributed by atoms with E-state index in [1.165, 1.54) is 0 Å². The molecule has 0 bridgehead atoms. The summed E-state index contributed by atoms with van der Waals surface area (Å²) in [4.78, 5) is 4.53. The van der Waals surface area contributed by atoms with Crippen LogP contribution in [-0.2, 0) is 6.42 Å². The average molecular weight is 263 g/mol.